The van der Waals surface area contributed by atoms with Crippen LogP contribution in [-0.4, -0.2) is 60.1 Å². The maximum absolute atomic E-state index is 12.2. The number of carboxylic acid groups (broad SMARTS) is 1. The Morgan fingerprint density at radius 1 is 0.742 bits per heavy atom. The van der Waals surface area contributed by atoms with Crippen molar-refractivity contribution in [3.63, 3.8) is 0 Å². The van der Waals surface area contributed by atoms with E-state index in [2.05, 4.69) is 162 Å². The van der Waals surface area contributed by atoms with E-state index in [-0.39, 0.29) is 19.6 Å². The van der Waals surface area contributed by atoms with Crippen molar-refractivity contribution in [2.45, 2.75) is 49.9 Å². The van der Waals surface area contributed by atoms with Gasteiger partial charge in [-0.25, -0.2) is 0 Å². The molecule has 0 atom stereocenters. The molecule has 0 aromatic heterocycles. The van der Waals surface area contributed by atoms with Crippen molar-refractivity contribution in [3.8, 4) is 11.8 Å². The molecule has 8 heteroatoms. The summed E-state index contributed by atoms with van der Waals surface area (Å²) in [6.07, 6.45) is 10.5. The van der Waals surface area contributed by atoms with E-state index in [0.29, 0.717) is 37.8 Å². The van der Waals surface area contributed by atoms with Crippen molar-refractivity contribution in [1.82, 2.24) is 0 Å². The zero-order valence-corrected chi connectivity index (χ0v) is 37.6. The zero-order valence-electron chi connectivity index (χ0n) is 37.6. The maximum atomic E-state index is 12.2. The van der Waals surface area contributed by atoms with E-state index in [1.807, 2.05) is 49.3 Å². The molecular weight excluding hydrogens is 819 g/mol. The lowest BCUT2D eigenvalue weighted by Gasteiger charge is -2.34. The van der Waals surface area contributed by atoms with Crippen LogP contribution in [0.4, 0.5) is 11.4 Å². The number of aliphatic carboxylic acids is 1. The number of fused-ring (bicyclic) bond motifs is 2. The summed E-state index contributed by atoms with van der Waals surface area (Å²) in [7, 11) is 1.68. The van der Waals surface area contributed by atoms with Gasteiger partial charge in [-0.15, -0.1) is 0 Å². The number of allylic oxidation sites excluding steroid dienone is 6. The molecule has 0 aliphatic carbocycles. The molecular formula is C58H56N3O5+. The fourth-order valence-electron chi connectivity index (χ4n) is 9.98. The predicted molar refractivity (Wildman–Crippen MR) is 263 cm³/mol. The molecule has 2 heterocycles. The van der Waals surface area contributed by atoms with Crippen molar-refractivity contribution in [2.75, 3.05) is 31.7 Å². The summed E-state index contributed by atoms with van der Waals surface area (Å²) in [5.41, 5.74) is 11.1. The average Bonchev–Trinajstić information content (AvgIpc) is 3.73. The SMILES string of the molecule is C=O.COc1ccc2c(c1)C(Cc1ccccc1)(Cc1ccccc1)C(C=CC(C#N)=CC=C1N(CCC(=O)O)c3ccc(C)cc3C1(Cc1ccccc1)Cc1ccccc1)=[N+]2CCO. The molecule has 0 saturated carbocycles. The van der Waals surface area contributed by atoms with E-state index in [1.54, 1.807) is 7.11 Å². The van der Waals surface area contributed by atoms with E-state index < -0.39 is 16.8 Å². The third-order valence-electron chi connectivity index (χ3n) is 12.8. The van der Waals surface area contributed by atoms with Gasteiger partial charge in [-0.05, 0) is 96.9 Å². The first-order chi connectivity index (χ1) is 32.3. The molecule has 6 aromatic rings. The van der Waals surface area contributed by atoms with Gasteiger partial charge in [-0.3, -0.25) is 4.79 Å². The number of anilines is 1. The normalized spacial score (nSPS) is 15.2. The number of methoxy groups -OCH3 is 1. The summed E-state index contributed by atoms with van der Waals surface area (Å²) in [5.74, 6) is -0.126. The third kappa shape index (κ3) is 9.87. The third-order valence-corrected chi connectivity index (χ3v) is 12.8. The van der Waals surface area contributed by atoms with Gasteiger partial charge in [-0.2, -0.15) is 9.84 Å². The summed E-state index contributed by atoms with van der Waals surface area (Å²) in [6.45, 7) is 4.66. The van der Waals surface area contributed by atoms with Gasteiger partial charge in [0.05, 0.1) is 30.6 Å². The number of hydrogen-bond donors (Lipinski definition) is 2. The van der Waals surface area contributed by atoms with E-state index in [4.69, 9.17) is 9.53 Å². The Hall–Kier alpha value is -7.60. The van der Waals surface area contributed by atoms with Crippen LogP contribution >= 0.6 is 0 Å². The number of β-amino-alcohol motifs (C(OH)–C–C–N with tert-alkyl or cyclic N) is 1. The molecule has 0 saturated heterocycles. The molecule has 0 radical (unpaired) electrons. The van der Waals surface area contributed by atoms with Crippen LogP contribution < -0.4 is 9.64 Å². The minimum absolute atomic E-state index is 0.0542. The summed E-state index contributed by atoms with van der Waals surface area (Å²) in [5, 5.41) is 31.6. The van der Waals surface area contributed by atoms with E-state index >= 15 is 0 Å². The monoisotopic (exact) mass is 874 g/mol. The number of carbonyl (C=O) groups excluding carboxylic acids is 1. The number of nitriles is 1. The van der Waals surface area contributed by atoms with Gasteiger partial charge in [0, 0.05) is 41.1 Å². The molecule has 2 aliphatic rings. The quantitative estimate of drug-likeness (QED) is 0.0533. The highest BCUT2D eigenvalue weighted by atomic mass is 16.5. The second-order valence-electron chi connectivity index (χ2n) is 16.9. The molecule has 6 aromatic carbocycles. The Bertz CT molecular complexity index is 2710. The summed E-state index contributed by atoms with van der Waals surface area (Å²) >= 11 is 0. The van der Waals surface area contributed by atoms with E-state index in [1.165, 1.54) is 0 Å². The molecule has 0 bridgehead atoms. The minimum Gasteiger partial charge on any atom is -0.497 e. The maximum Gasteiger partial charge on any atom is 0.305 e. The topological polar surface area (TPSA) is 114 Å². The fourth-order valence-corrected chi connectivity index (χ4v) is 9.98. The molecule has 332 valence electrons. The van der Waals surface area contributed by atoms with Gasteiger partial charge in [0.2, 0.25) is 5.69 Å². The number of benzene rings is 6. The molecule has 66 heavy (non-hydrogen) atoms. The average molecular weight is 875 g/mol. The van der Waals surface area contributed by atoms with Crippen LogP contribution in [0.5, 0.6) is 5.75 Å². The van der Waals surface area contributed by atoms with Gasteiger partial charge in [0.15, 0.2) is 12.3 Å². The number of nitrogens with zero attached hydrogens (tertiary/aromatic N) is 3. The van der Waals surface area contributed by atoms with Crippen LogP contribution in [0.3, 0.4) is 0 Å². The number of carboxylic acids is 1. The highest BCUT2D eigenvalue weighted by molar-refractivity contribution is 6.04. The van der Waals surface area contributed by atoms with Crippen LogP contribution in [0.2, 0.25) is 0 Å². The molecule has 2 aliphatic heterocycles. The number of aliphatic hydroxyl groups excluding tert-OH is 1. The zero-order chi connectivity index (χ0) is 46.5. The largest absolute Gasteiger partial charge is 0.497 e. The molecule has 0 fully saturated rings. The van der Waals surface area contributed by atoms with Gasteiger partial charge >= 0.3 is 5.97 Å². The van der Waals surface area contributed by atoms with Crippen molar-refractivity contribution >= 4 is 29.8 Å². The van der Waals surface area contributed by atoms with Gasteiger partial charge in [-0.1, -0.05) is 139 Å². The molecule has 8 rings (SSSR count). The lowest BCUT2D eigenvalue weighted by molar-refractivity contribution is -0.441. The molecule has 8 nitrogen and oxygen atoms in total. The minimum atomic E-state index is -0.873. The Balaban J connectivity index is 0.00000320. The number of ether oxygens (including phenoxy) is 1. The van der Waals surface area contributed by atoms with Gasteiger partial charge in [0.1, 0.15) is 19.1 Å². The molecule has 0 unspecified atom stereocenters. The molecule has 0 spiro atoms. The molecule has 0 amide bonds. The lowest BCUT2D eigenvalue weighted by Crippen LogP contribution is -2.39. The fraction of sp³-hybridized carbons (Fsp3) is 0.207. The number of aryl methyl sites for hydroxylation is 1. The van der Waals surface area contributed by atoms with Crippen LogP contribution in [0.25, 0.3) is 0 Å². The van der Waals surface area contributed by atoms with Crippen LogP contribution in [-0.2, 0) is 46.1 Å². The predicted octanol–water partition coefficient (Wildman–Crippen LogP) is 10.2. The first-order valence-corrected chi connectivity index (χ1v) is 22.3. The number of hydrogen-bond acceptors (Lipinski definition) is 6. The summed E-state index contributed by atoms with van der Waals surface area (Å²) < 4.78 is 8.02. The van der Waals surface area contributed by atoms with Crippen molar-refractivity contribution in [3.05, 3.63) is 232 Å². The van der Waals surface area contributed by atoms with Crippen LogP contribution in [0, 0.1) is 18.3 Å². The van der Waals surface area contributed by atoms with Gasteiger partial charge < -0.3 is 24.6 Å². The summed E-state index contributed by atoms with van der Waals surface area (Å²) in [6, 6.07) is 57.0. The van der Waals surface area contributed by atoms with Crippen LogP contribution in [0.1, 0.15) is 45.4 Å². The Morgan fingerprint density at radius 3 is 1.76 bits per heavy atom. The van der Waals surface area contributed by atoms with Crippen molar-refractivity contribution in [1.29, 1.82) is 5.26 Å². The van der Waals surface area contributed by atoms with Crippen molar-refractivity contribution in [2.24, 2.45) is 0 Å². The number of rotatable bonds is 17. The van der Waals surface area contributed by atoms with Crippen LogP contribution in [0.15, 0.2) is 193 Å². The number of aliphatic hydroxyl groups is 1. The highest BCUT2D eigenvalue weighted by Gasteiger charge is 2.52. The standard InChI is InChI=1S/C57H53N3O4.CH2O/c1-42-23-27-51-49(35-42)56(37-43-15-7-3-8-16-43,38-44-17-9-4-10-18-44)53(59(51)32-31-55(62)63)29-24-47(41-58)25-30-54-57(39-45-19-11-5-12-20-45,40-46-21-13-6-14-22-46)50-36-48(64-2)26-28-52(50)60(54)33-34-61;1-2/h3-30,35-36,61H,31-34,37-40H2,1-2H3;1H2/p+1. The lowest BCUT2D eigenvalue weighted by atomic mass is 9.69. The first kappa shape index (κ1) is 46.4. The van der Waals surface area contributed by atoms with Crippen molar-refractivity contribution < 1.29 is 29.1 Å². The second-order valence-corrected chi connectivity index (χ2v) is 16.9. The second kappa shape index (κ2) is 21.4. The smallest absolute Gasteiger partial charge is 0.305 e. The van der Waals surface area contributed by atoms with E-state index in [0.717, 1.165) is 67.5 Å². The Morgan fingerprint density at radius 2 is 1.27 bits per heavy atom. The number of carbonyl (C=O) groups is 2. The van der Waals surface area contributed by atoms with E-state index in [9.17, 15) is 20.3 Å². The summed E-state index contributed by atoms with van der Waals surface area (Å²) in [4.78, 5) is 22.4. The first-order valence-electron chi connectivity index (χ1n) is 22.3. The van der Waals surface area contributed by atoms with Gasteiger partial charge in [0.25, 0.3) is 0 Å². The highest BCUT2D eigenvalue weighted by Crippen LogP contribution is 2.52. The molecule has 2 N–H and O–H groups in total. The Labute approximate surface area is 388 Å². The Kier molecular flexibility index (Phi) is 15.0.